The molecule has 1 aromatic carbocycles. The predicted octanol–water partition coefficient (Wildman–Crippen LogP) is 2.35. The van der Waals surface area contributed by atoms with Crippen LogP contribution in [0.15, 0.2) is 36.4 Å². The van der Waals surface area contributed by atoms with Gasteiger partial charge in [-0.3, -0.25) is 9.78 Å². The van der Waals surface area contributed by atoms with Crippen molar-refractivity contribution in [1.29, 1.82) is 0 Å². The first-order valence-corrected chi connectivity index (χ1v) is 7.19. The number of carbonyl (C=O) groups is 1. The zero-order valence-electron chi connectivity index (χ0n) is 12.3. The maximum absolute atomic E-state index is 12.4. The van der Waals surface area contributed by atoms with Crippen LogP contribution in [0, 0.1) is 13.8 Å². The van der Waals surface area contributed by atoms with Gasteiger partial charge in [0.05, 0.1) is 17.4 Å². The molecule has 2 N–H and O–H groups in total. The summed E-state index contributed by atoms with van der Waals surface area (Å²) in [6.07, 6.45) is 0.723. The quantitative estimate of drug-likeness (QED) is 0.888. The van der Waals surface area contributed by atoms with Crippen LogP contribution in [0.25, 0.3) is 0 Å². The molecule has 21 heavy (non-hydrogen) atoms. The van der Waals surface area contributed by atoms with Gasteiger partial charge >= 0.3 is 0 Å². The van der Waals surface area contributed by atoms with Crippen LogP contribution in [-0.2, 0) is 17.8 Å². The van der Waals surface area contributed by atoms with Gasteiger partial charge in [0, 0.05) is 12.2 Å². The van der Waals surface area contributed by atoms with E-state index in [0.29, 0.717) is 0 Å². The fraction of sp³-hybridized carbons (Fsp3) is 0.294. The Kier molecular flexibility index (Phi) is 3.71. The smallest absolute Gasteiger partial charge is 0.241 e. The summed E-state index contributed by atoms with van der Waals surface area (Å²) in [6.45, 7) is 4.59. The fourth-order valence-electron chi connectivity index (χ4n) is 2.68. The number of aryl methyl sites for hydroxylation is 2. The highest BCUT2D eigenvalue weighted by atomic mass is 16.2. The molecule has 0 bridgehead atoms. The minimum atomic E-state index is -0.194. The van der Waals surface area contributed by atoms with Crippen molar-refractivity contribution in [2.24, 2.45) is 0 Å². The second-order valence-electron chi connectivity index (χ2n) is 5.48. The summed E-state index contributed by atoms with van der Waals surface area (Å²) in [5, 5.41) is 6.27. The highest BCUT2D eigenvalue weighted by molar-refractivity contribution is 5.95. The van der Waals surface area contributed by atoms with E-state index in [-0.39, 0.29) is 11.9 Å². The number of amides is 1. The van der Waals surface area contributed by atoms with Crippen molar-refractivity contribution in [2.75, 3.05) is 5.32 Å². The number of nitrogens with zero attached hydrogens (tertiary/aromatic N) is 1. The van der Waals surface area contributed by atoms with Gasteiger partial charge in [-0.1, -0.05) is 24.3 Å². The molecule has 1 aliphatic rings. The molecule has 0 aliphatic carbocycles. The molecule has 0 spiro atoms. The summed E-state index contributed by atoms with van der Waals surface area (Å²) in [4.78, 5) is 16.8. The number of anilines is 1. The molecule has 108 valence electrons. The molecular weight excluding hydrogens is 262 g/mol. The molecule has 1 amide bonds. The molecule has 0 fully saturated rings. The number of pyridine rings is 1. The molecule has 2 heterocycles. The third-order valence-electron chi connectivity index (χ3n) is 3.88. The normalized spacial score (nSPS) is 17.1. The molecule has 4 heteroatoms. The number of benzene rings is 1. The lowest BCUT2D eigenvalue weighted by atomic mass is 9.95. The van der Waals surface area contributed by atoms with Crippen LogP contribution in [0.5, 0.6) is 0 Å². The summed E-state index contributed by atoms with van der Waals surface area (Å²) in [6, 6.07) is 11.9. The summed E-state index contributed by atoms with van der Waals surface area (Å²) in [5.41, 5.74) is 5.10. The average molecular weight is 281 g/mol. The SMILES string of the molecule is Cc1ccc(NC(=O)C2Cc3ccccc3CN2)c(C)n1. The van der Waals surface area contributed by atoms with E-state index in [0.717, 1.165) is 30.0 Å². The third kappa shape index (κ3) is 2.95. The van der Waals surface area contributed by atoms with E-state index in [9.17, 15) is 4.79 Å². The second-order valence-corrected chi connectivity index (χ2v) is 5.48. The van der Waals surface area contributed by atoms with Gasteiger partial charge in [-0.2, -0.15) is 0 Å². The lowest BCUT2D eigenvalue weighted by molar-refractivity contribution is -0.118. The molecule has 3 rings (SSSR count). The average Bonchev–Trinajstić information content (AvgIpc) is 2.49. The van der Waals surface area contributed by atoms with Gasteiger partial charge in [-0.05, 0) is 43.5 Å². The second kappa shape index (κ2) is 5.66. The Balaban J connectivity index is 1.72. The van der Waals surface area contributed by atoms with Crippen LogP contribution < -0.4 is 10.6 Å². The lowest BCUT2D eigenvalue weighted by Gasteiger charge is -2.25. The first-order chi connectivity index (χ1) is 10.1. The van der Waals surface area contributed by atoms with Crippen LogP contribution in [-0.4, -0.2) is 16.9 Å². The van der Waals surface area contributed by atoms with Crippen molar-refractivity contribution >= 4 is 11.6 Å². The Morgan fingerprint density at radius 3 is 2.71 bits per heavy atom. The Morgan fingerprint density at radius 1 is 1.19 bits per heavy atom. The summed E-state index contributed by atoms with van der Waals surface area (Å²) in [7, 11) is 0. The van der Waals surface area contributed by atoms with Crippen molar-refractivity contribution in [1.82, 2.24) is 10.3 Å². The summed E-state index contributed by atoms with van der Waals surface area (Å²) < 4.78 is 0. The van der Waals surface area contributed by atoms with E-state index >= 15 is 0 Å². The predicted molar refractivity (Wildman–Crippen MR) is 83.1 cm³/mol. The molecule has 4 nitrogen and oxygen atoms in total. The molecule has 1 atom stereocenters. The molecule has 1 aromatic heterocycles. The minimum absolute atomic E-state index is 0.00161. The van der Waals surface area contributed by atoms with Crippen molar-refractivity contribution in [2.45, 2.75) is 32.9 Å². The molecule has 0 saturated heterocycles. The Morgan fingerprint density at radius 2 is 1.95 bits per heavy atom. The molecule has 1 unspecified atom stereocenters. The van der Waals surface area contributed by atoms with Crippen LogP contribution in [0.2, 0.25) is 0 Å². The van der Waals surface area contributed by atoms with E-state index in [1.165, 1.54) is 11.1 Å². The number of hydrogen-bond donors (Lipinski definition) is 2. The van der Waals surface area contributed by atoms with E-state index in [1.807, 2.05) is 38.1 Å². The number of nitrogens with one attached hydrogen (secondary N) is 2. The number of fused-ring (bicyclic) bond motifs is 1. The zero-order chi connectivity index (χ0) is 14.8. The summed E-state index contributed by atoms with van der Waals surface area (Å²) in [5.74, 6) is -0.00161. The van der Waals surface area contributed by atoms with Gasteiger partial charge in [-0.15, -0.1) is 0 Å². The van der Waals surface area contributed by atoms with Gasteiger partial charge in [-0.25, -0.2) is 0 Å². The lowest BCUT2D eigenvalue weighted by Crippen LogP contribution is -2.44. The number of hydrogen-bond acceptors (Lipinski definition) is 3. The van der Waals surface area contributed by atoms with Gasteiger partial charge in [0.2, 0.25) is 5.91 Å². The van der Waals surface area contributed by atoms with Gasteiger partial charge in [0.15, 0.2) is 0 Å². The van der Waals surface area contributed by atoms with Gasteiger partial charge in [0.25, 0.3) is 0 Å². The Bertz CT molecular complexity index is 681. The summed E-state index contributed by atoms with van der Waals surface area (Å²) >= 11 is 0. The van der Waals surface area contributed by atoms with Crippen molar-refractivity contribution in [3.63, 3.8) is 0 Å². The topological polar surface area (TPSA) is 54.0 Å². The molecule has 2 aromatic rings. The van der Waals surface area contributed by atoms with E-state index in [1.54, 1.807) is 0 Å². The molecular formula is C17H19N3O. The standard InChI is InChI=1S/C17H19N3O/c1-11-7-8-15(12(2)19-11)20-17(21)16-9-13-5-3-4-6-14(13)10-18-16/h3-8,16,18H,9-10H2,1-2H3,(H,20,21). The zero-order valence-corrected chi connectivity index (χ0v) is 12.3. The Labute approximate surface area is 124 Å². The number of aromatic nitrogens is 1. The third-order valence-corrected chi connectivity index (χ3v) is 3.88. The van der Waals surface area contributed by atoms with Gasteiger partial charge < -0.3 is 10.6 Å². The number of rotatable bonds is 2. The monoisotopic (exact) mass is 281 g/mol. The maximum atomic E-state index is 12.4. The van der Waals surface area contributed by atoms with Crippen molar-refractivity contribution in [3.05, 3.63) is 58.9 Å². The number of carbonyl (C=O) groups excluding carboxylic acids is 1. The van der Waals surface area contributed by atoms with Crippen LogP contribution >= 0.6 is 0 Å². The van der Waals surface area contributed by atoms with E-state index in [2.05, 4.69) is 27.8 Å². The van der Waals surface area contributed by atoms with Crippen molar-refractivity contribution in [3.8, 4) is 0 Å². The first-order valence-electron chi connectivity index (χ1n) is 7.19. The first kappa shape index (κ1) is 13.8. The molecule has 0 radical (unpaired) electrons. The largest absolute Gasteiger partial charge is 0.323 e. The van der Waals surface area contributed by atoms with Crippen LogP contribution in [0.1, 0.15) is 22.5 Å². The van der Waals surface area contributed by atoms with Crippen LogP contribution in [0.4, 0.5) is 5.69 Å². The molecule has 0 saturated carbocycles. The fourth-order valence-corrected chi connectivity index (χ4v) is 2.68. The maximum Gasteiger partial charge on any atom is 0.241 e. The van der Waals surface area contributed by atoms with Crippen molar-refractivity contribution < 1.29 is 4.79 Å². The van der Waals surface area contributed by atoms with Crippen LogP contribution in [0.3, 0.4) is 0 Å². The minimum Gasteiger partial charge on any atom is -0.323 e. The van der Waals surface area contributed by atoms with E-state index < -0.39 is 0 Å². The highest BCUT2D eigenvalue weighted by Gasteiger charge is 2.24. The Hall–Kier alpha value is -2.20. The highest BCUT2D eigenvalue weighted by Crippen LogP contribution is 2.18. The van der Waals surface area contributed by atoms with E-state index in [4.69, 9.17) is 0 Å². The van der Waals surface area contributed by atoms with Gasteiger partial charge in [0.1, 0.15) is 0 Å². The molecule has 1 aliphatic heterocycles.